The minimum Gasteiger partial charge on any atom is -0.476 e. The average Bonchev–Trinajstić information content (AvgIpc) is 4.00. The first-order valence-corrected chi connectivity index (χ1v) is 17.6. The number of carbonyl (C=O) groups is 4. The third-order valence-corrected chi connectivity index (χ3v) is 9.68. The molecular formula is C38H50N4O7. The fourth-order valence-corrected chi connectivity index (χ4v) is 7.01. The Morgan fingerprint density at radius 3 is 2.41 bits per heavy atom. The number of piperidine rings is 1. The molecule has 0 spiro atoms. The smallest absolute Gasteiger partial charge is 0.410 e. The summed E-state index contributed by atoms with van der Waals surface area (Å²) in [5.74, 6) is -0.792. The highest BCUT2D eigenvalue weighted by Crippen LogP contribution is 2.44. The monoisotopic (exact) mass is 674 g/mol. The van der Waals surface area contributed by atoms with Gasteiger partial charge in [0.2, 0.25) is 11.8 Å². The van der Waals surface area contributed by atoms with Crippen LogP contribution in [-0.4, -0.2) is 85.4 Å². The lowest BCUT2D eigenvalue weighted by Crippen LogP contribution is -2.54. The van der Waals surface area contributed by atoms with Gasteiger partial charge in [0, 0.05) is 57.0 Å². The molecule has 11 heteroatoms. The van der Waals surface area contributed by atoms with Gasteiger partial charge in [-0.3, -0.25) is 14.4 Å². The molecule has 11 nitrogen and oxygen atoms in total. The van der Waals surface area contributed by atoms with Crippen molar-refractivity contribution in [1.82, 2.24) is 10.2 Å². The first-order chi connectivity index (χ1) is 23.3. The van der Waals surface area contributed by atoms with Gasteiger partial charge in [-0.1, -0.05) is 30.3 Å². The molecule has 2 aliphatic heterocycles. The van der Waals surface area contributed by atoms with E-state index >= 15 is 0 Å². The van der Waals surface area contributed by atoms with Gasteiger partial charge in [-0.15, -0.1) is 0 Å². The number of rotatable bonds is 10. The van der Waals surface area contributed by atoms with Crippen molar-refractivity contribution in [2.24, 2.45) is 11.8 Å². The molecule has 4 atom stereocenters. The third-order valence-electron chi connectivity index (χ3n) is 9.68. The van der Waals surface area contributed by atoms with Gasteiger partial charge in [0.25, 0.3) is 5.91 Å². The highest BCUT2D eigenvalue weighted by Gasteiger charge is 2.46. The molecular weight excluding hydrogens is 624 g/mol. The van der Waals surface area contributed by atoms with Gasteiger partial charge in [-0.25, -0.2) is 4.79 Å². The number of fused-ring (bicyclic) bond motifs is 1. The van der Waals surface area contributed by atoms with Gasteiger partial charge in [-0.05, 0) is 90.5 Å². The molecule has 1 saturated heterocycles. The summed E-state index contributed by atoms with van der Waals surface area (Å²) >= 11 is 0. The van der Waals surface area contributed by atoms with E-state index in [1.54, 1.807) is 46.6 Å². The standard InChI is InChI=1S/C38H50N4O7/c1-37(2,3)49-36(46)40-22-25(33(43)39-30-21-29(30)24-11-8-7-9-12-24)19-26(23-40)34(44)42(27-13-14-27)28-15-16-32-31(20-28)41(17-10-18-47-6)35(45)38(4,5)48-32/h7-9,11-12,15-16,20,25-27,29-30H,10,13-14,17-19,21-23H2,1-6H3,(H,39,43)/t25-,26+,29+,30-/m0/s1. The van der Waals surface area contributed by atoms with Gasteiger partial charge < -0.3 is 34.2 Å². The van der Waals surface area contributed by atoms with E-state index in [0.717, 1.165) is 19.3 Å². The van der Waals surface area contributed by atoms with Gasteiger partial charge in [-0.2, -0.15) is 0 Å². The van der Waals surface area contributed by atoms with Crippen LogP contribution in [0.15, 0.2) is 48.5 Å². The molecule has 2 aromatic carbocycles. The van der Waals surface area contributed by atoms with E-state index in [0.29, 0.717) is 43.1 Å². The van der Waals surface area contributed by atoms with Crippen LogP contribution in [0.2, 0.25) is 0 Å². The number of amides is 4. The molecule has 0 unspecified atom stereocenters. The first-order valence-electron chi connectivity index (χ1n) is 17.6. The fraction of sp³-hybridized carbons (Fsp3) is 0.579. The topological polar surface area (TPSA) is 118 Å². The summed E-state index contributed by atoms with van der Waals surface area (Å²) < 4.78 is 17.1. The van der Waals surface area contributed by atoms with Crippen molar-refractivity contribution in [2.45, 2.75) is 95.9 Å². The van der Waals surface area contributed by atoms with Crippen LogP contribution >= 0.6 is 0 Å². The van der Waals surface area contributed by atoms with Crippen molar-refractivity contribution in [2.75, 3.05) is 43.2 Å². The van der Waals surface area contributed by atoms with E-state index in [4.69, 9.17) is 14.2 Å². The third kappa shape index (κ3) is 7.87. The SMILES string of the molecule is COCCCN1C(=O)C(C)(C)Oc2ccc(N(C(=O)[C@@H]3C[C@H](C(=O)N[C@H]4C[C@@H]4c4ccccc4)CN(C(=O)OC(C)(C)C)C3)C3CC3)cc21. The van der Waals surface area contributed by atoms with Crippen molar-refractivity contribution >= 4 is 35.2 Å². The van der Waals surface area contributed by atoms with Crippen molar-refractivity contribution in [3.63, 3.8) is 0 Å². The maximum Gasteiger partial charge on any atom is 0.410 e. The van der Waals surface area contributed by atoms with Crippen molar-refractivity contribution in [1.29, 1.82) is 0 Å². The van der Waals surface area contributed by atoms with E-state index in [1.165, 1.54) is 10.5 Å². The van der Waals surface area contributed by atoms with Crippen molar-refractivity contribution in [3.8, 4) is 5.75 Å². The van der Waals surface area contributed by atoms with E-state index in [-0.39, 0.29) is 48.8 Å². The van der Waals surface area contributed by atoms with Crippen LogP contribution in [0, 0.1) is 11.8 Å². The van der Waals surface area contributed by atoms with Crippen LogP contribution in [-0.2, 0) is 23.9 Å². The predicted octanol–water partition coefficient (Wildman–Crippen LogP) is 5.27. The molecule has 2 aromatic rings. The van der Waals surface area contributed by atoms with E-state index < -0.39 is 29.1 Å². The second kappa shape index (κ2) is 13.7. The Balaban J connectivity index is 1.24. The Kier molecular flexibility index (Phi) is 9.68. The van der Waals surface area contributed by atoms with Gasteiger partial charge in [0.1, 0.15) is 11.4 Å². The highest BCUT2D eigenvalue weighted by atomic mass is 16.6. The first kappa shape index (κ1) is 34.7. The van der Waals surface area contributed by atoms with Gasteiger partial charge >= 0.3 is 6.09 Å². The zero-order chi connectivity index (χ0) is 35.1. The predicted molar refractivity (Wildman–Crippen MR) is 186 cm³/mol. The van der Waals surface area contributed by atoms with Crippen LogP contribution in [0.5, 0.6) is 5.75 Å². The molecule has 0 aromatic heterocycles. The molecule has 264 valence electrons. The quantitative estimate of drug-likeness (QED) is 0.342. The number of anilines is 2. The normalized spacial score (nSPS) is 24.4. The number of hydrogen-bond acceptors (Lipinski definition) is 7. The zero-order valence-electron chi connectivity index (χ0n) is 29.6. The fourth-order valence-electron chi connectivity index (χ4n) is 7.01. The molecule has 2 aliphatic carbocycles. The molecule has 4 aliphatic rings. The molecule has 4 amide bonds. The maximum absolute atomic E-state index is 14.6. The Labute approximate surface area is 289 Å². The maximum atomic E-state index is 14.6. The number of ether oxygens (including phenoxy) is 3. The van der Waals surface area contributed by atoms with E-state index in [2.05, 4.69) is 17.4 Å². The minimum atomic E-state index is -1.03. The van der Waals surface area contributed by atoms with Crippen molar-refractivity contribution < 1.29 is 33.4 Å². The lowest BCUT2D eigenvalue weighted by Gasteiger charge is -2.40. The second-order valence-electron chi connectivity index (χ2n) is 15.4. The molecule has 2 heterocycles. The summed E-state index contributed by atoms with van der Waals surface area (Å²) in [5, 5.41) is 3.20. The van der Waals surface area contributed by atoms with Crippen LogP contribution < -0.4 is 19.9 Å². The minimum absolute atomic E-state index is 0.00795. The summed E-state index contributed by atoms with van der Waals surface area (Å²) in [4.78, 5) is 60.3. The number of carbonyl (C=O) groups excluding carboxylic acids is 4. The zero-order valence-corrected chi connectivity index (χ0v) is 29.6. The molecule has 6 rings (SSSR count). The summed E-state index contributed by atoms with van der Waals surface area (Å²) in [6.07, 6.45) is 2.98. The van der Waals surface area contributed by atoms with Crippen molar-refractivity contribution in [3.05, 3.63) is 54.1 Å². The number of benzene rings is 2. The summed E-state index contributed by atoms with van der Waals surface area (Å²) in [5.41, 5.74) is 0.716. The number of methoxy groups -OCH3 is 1. The lowest BCUT2D eigenvalue weighted by molar-refractivity contribution is -0.133. The lowest BCUT2D eigenvalue weighted by atomic mass is 9.87. The van der Waals surface area contributed by atoms with Crippen LogP contribution in [0.4, 0.5) is 16.2 Å². The molecule has 3 fully saturated rings. The number of hydrogen-bond donors (Lipinski definition) is 1. The summed E-state index contributed by atoms with van der Waals surface area (Å²) in [6, 6.07) is 15.7. The summed E-state index contributed by atoms with van der Waals surface area (Å²) in [6.45, 7) is 10.2. The average molecular weight is 675 g/mol. The van der Waals surface area contributed by atoms with E-state index in [9.17, 15) is 19.2 Å². The number of nitrogens with one attached hydrogen (secondary N) is 1. The largest absolute Gasteiger partial charge is 0.476 e. The Morgan fingerprint density at radius 1 is 1.02 bits per heavy atom. The molecule has 2 saturated carbocycles. The Bertz CT molecular complexity index is 1570. The number of nitrogens with zero attached hydrogens (tertiary/aromatic N) is 3. The van der Waals surface area contributed by atoms with Gasteiger partial charge in [0.05, 0.1) is 17.5 Å². The van der Waals surface area contributed by atoms with Gasteiger partial charge in [0.15, 0.2) is 5.60 Å². The Morgan fingerprint density at radius 2 is 1.73 bits per heavy atom. The molecule has 0 radical (unpaired) electrons. The second-order valence-corrected chi connectivity index (χ2v) is 15.4. The van der Waals surface area contributed by atoms with Crippen LogP contribution in [0.25, 0.3) is 0 Å². The molecule has 1 N–H and O–H groups in total. The van der Waals surface area contributed by atoms with E-state index in [1.807, 2.05) is 41.3 Å². The number of likely N-dealkylation sites (tertiary alicyclic amines) is 1. The van der Waals surface area contributed by atoms with Crippen LogP contribution in [0.3, 0.4) is 0 Å². The van der Waals surface area contributed by atoms with Crippen LogP contribution in [0.1, 0.15) is 78.2 Å². The molecule has 0 bridgehead atoms. The summed E-state index contributed by atoms with van der Waals surface area (Å²) in [7, 11) is 1.63. The molecule has 49 heavy (non-hydrogen) atoms. The Hall–Kier alpha value is -4.12. The highest BCUT2D eigenvalue weighted by molar-refractivity contribution is 6.04.